The first-order valence-corrected chi connectivity index (χ1v) is 5.57. The van der Waals surface area contributed by atoms with Gasteiger partial charge in [-0.05, 0) is 18.6 Å². The van der Waals surface area contributed by atoms with E-state index in [9.17, 15) is 9.59 Å². The van der Waals surface area contributed by atoms with Crippen LogP contribution in [0.15, 0.2) is 18.2 Å². The first kappa shape index (κ1) is 13.8. The highest BCUT2D eigenvalue weighted by atomic mass is 16.5. The van der Waals surface area contributed by atoms with Crippen molar-refractivity contribution in [3.05, 3.63) is 23.8 Å². The van der Waals surface area contributed by atoms with Crippen LogP contribution in [-0.4, -0.2) is 30.1 Å². The van der Waals surface area contributed by atoms with Crippen molar-refractivity contribution in [3.63, 3.8) is 0 Å². The predicted octanol–water partition coefficient (Wildman–Crippen LogP) is 0.872. The zero-order valence-corrected chi connectivity index (χ0v) is 10.1. The van der Waals surface area contributed by atoms with Crippen molar-refractivity contribution in [2.45, 2.75) is 13.3 Å². The van der Waals surface area contributed by atoms with E-state index in [0.717, 1.165) is 6.42 Å². The van der Waals surface area contributed by atoms with Crippen molar-refractivity contribution >= 4 is 17.6 Å². The Bertz CT molecular complexity index is 446. The summed E-state index contributed by atoms with van der Waals surface area (Å²) in [5.41, 5.74) is 5.90. The quantitative estimate of drug-likeness (QED) is 0.652. The van der Waals surface area contributed by atoms with Crippen LogP contribution in [-0.2, 0) is 4.79 Å². The van der Waals surface area contributed by atoms with E-state index < -0.39 is 5.97 Å². The fraction of sp³-hybridized carbons (Fsp3) is 0.333. The molecule has 1 rings (SSSR count). The number of nitrogen functional groups attached to an aromatic ring is 1. The van der Waals surface area contributed by atoms with Crippen LogP contribution in [0.1, 0.15) is 23.7 Å². The molecule has 0 bridgehead atoms. The van der Waals surface area contributed by atoms with Gasteiger partial charge in [0, 0.05) is 18.3 Å². The fourth-order valence-electron chi connectivity index (χ4n) is 1.29. The van der Waals surface area contributed by atoms with E-state index in [2.05, 4.69) is 5.32 Å². The van der Waals surface area contributed by atoms with Crippen LogP contribution in [0.3, 0.4) is 0 Å². The summed E-state index contributed by atoms with van der Waals surface area (Å²) in [6, 6.07) is 4.20. The third kappa shape index (κ3) is 3.97. The lowest BCUT2D eigenvalue weighted by Crippen LogP contribution is -2.29. The number of carbonyl (C=O) groups excluding carboxylic acids is 1. The van der Waals surface area contributed by atoms with Gasteiger partial charge in [-0.25, -0.2) is 4.79 Å². The minimum atomic E-state index is -1.13. The third-order valence-electron chi connectivity index (χ3n) is 2.17. The molecule has 0 aliphatic carbocycles. The molecule has 18 heavy (non-hydrogen) atoms. The van der Waals surface area contributed by atoms with Crippen molar-refractivity contribution in [3.8, 4) is 5.75 Å². The van der Waals surface area contributed by atoms with E-state index in [1.165, 1.54) is 18.2 Å². The highest BCUT2D eigenvalue weighted by Gasteiger charge is 2.12. The van der Waals surface area contributed by atoms with Gasteiger partial charge in [0.25, 0.3) is 5.91 Å². The molecule has 0 fully saturated rings. The number of nitrogens with two attached hydrogens (primary N) is 1. The van der Waals surface area contributed by atoms with Crippen LogP contribution >= 0.6 is 0 Å². The lowest BCUT2D eigenvalue weighted by Gasteiger charge is -2.09. The standard InChI is InChI=1S/C12H16N2O4/c1-2-5-14-11(15)7-18-10-6-8(13)3-4-9(10)12(16)17/h3-4,6H,2,5,7,13H2,1H3,(H,14,15)(H,16,17). The molecule has 0 atom stereocenters. The highest BCUT2D eigenvalue weighted by molar-refractivity contribution is 5.91. The Labute approximate surface area is 105 Å². The molecular formula is C12H16N2O4. The van der Waals surface area contributed by atoms with E-state index in [-0.39, 0.29) is 23.8 Å². The van der Waals surface area contributed by atoms with Gasteiger partial charge in [0.05, 0.1) is 0 Å². The summed E-state index contributed by atoms with van der Waals surface area (Å²) >= 11 is 0. The van der Waals surface area contributed by atoms with Gasteiger partial charge in [-0.1, -0.05) is 6.92 Å². The number of hydrogen-bond acceptors (Lipinski definition) is 4. The Morgan fingerprint density at radius 2 is 2.17 bits per heavy atom. The van der Waals surface area contributed by atoms with Crippen LogP contribution in [0.25, 0.3) is 0 Å². The highest BCUT2D eigenvalue weighted by Crippen LogP contribution is 2.21. The second-order valence-corrected chi connectivity index (χ2v) is 3.70. The summed E-state index contributed by atoms with van der Waals surface area (Å²) in [6.07, 6.45) is 0.824. The van der Waals surface area contributed by atoms with Crippen molar-refractivity contribution in [1.29, 1.82) is 0 Å². The largest absolute Gasteiger partial charge is 0.483 e. The second-order valence-electron chi connectivity index (χ2n) is 3.70. The lowest BCUT2D eigenvalue weighted by molar-refractivity contribution is -0.123. The average molecular weight is 252 g/mol. The van der Waals surface area contributed by atoms with Gasteiger partial charge >= 0.3 is 5.97 Å². The van der Waals surface area contributed by atoms with Crippen molar-refractivity contribution in [2.24, 2.45) is 0 Å². The molecule has 1 aromatic rings. The molecule has 1 aromatic carbocycles. The number of rotatable bonds is 6. The molecule has 0 spiro atoms. The second kappa shape index (κ2) is 6.48. The summed E-state index contributed by atoms with van der Waals surface area (Å²) in [6.45, 7) is 2.26. The number of anilines is 1. The van der Waals surface area contributed by atoms with Gasteiger partial charge in [-0.3, -0.25) is 4.79 Å². The molecule has 98 valence electrons. The van der Waals surface area contributed by atoms with E-state index in [1.807, 2.05) is 6.92 Å². The molecule has 0 aromatic heterocycles. The molecule has 1 amide bonds. The van der Waals surface area contributed by atoms with Crippen LogP contribution in [0.2, 0.25) is 0 Å². The Balaban J connectivity index is 2.68. The maximum atomic E-state index is 11.3. The molecule has 0 aliphatic heterocycles. The van der Waals surface area contributed by atoms with Gasteiger partial charge in [0.2, 0.25) is 0 Å². The van der Waals surface area contributed by atoms with Gasteiger partial charge in [-0.2, -0.15) is 0 Å². The molecule has 0 unspecified atom stereocenters. The Morgan fingerprint density at radius 3 is 2.78 bits per heavy atom. The first-order valence-electron chi connectivity index (χ1n) is 5.57. The minimum absolute atomic E-state index is 0.0208. The maximum Gasteiger partial charge on any atom is 0.339 e. The number of benzene rings is 1. The summed E-state index contributed by atoms with van der Waals surface area (Å²) in [5.74, 6) is -1.33. The number of aromatic carboxylic acids is 1. The topological polar surface area (TPSA) is 102 Å². The van der Waals surface area contributed by atoms with Crippen LogP contribution in [0.5, 0.6) is 5.75 Å². The number of carboxylic acids is 1. The molecule has 0 heterocycles. The van der Waals surface area contributed by atoms with E-state index in [0.29, 0.717) is 12.2 Å². The number of ether oxygens (including phenoxy) is 1. The summed E-state index contributed by atoms with van der Waals surface area (Å²) in [4.78, 5) is 22.3. The Morgan fingerprint density at radius 1 is 1.44 bits per heavy atom. The monoisotopic (exact) mass is 252 g/mol. The van der Waals surface area contributed by atoms with E-state index in [4.69, 9.17) is 15.6 Å². The number of carboxylic acid groups (broad SMARTS) is 1. The smallest absolute Gasteiger partial charge is 0.339 e. The van der Waals surface area contributed by atoms with Gasteiger partial charge in [0.1, 0.15) is 11.3 Å². The molecular weight excluding hydrogens is 236 g/mol. The molecule has 6 nitrogen and oxygen atoms in total. The number of nitrogens with one attached hydrogen (secondary N) is 1. The summed E-state index contributed by atoms with van der Waals surface area (Å²) < 4.78 is 5.17. The van der Waals surface area contributed by atoms with E-state index >= 15 is 0 Å². The van der Waals surface area contributed by atoms with Crippen LogP contribution in [0.4, 0.5) is 5.69 Å². The molecule has 6 heteroatoms. The van der Waals surface area contributed by atoms with E-state index in [1.54, 1.807) is 0 Å². The van der Waals surface area contributed by atoms with Gasteiger partial charge < -0.3 is 20.9 Å². The lowest BCUT2D eigenvalue weighted by atomic mass is 10.2. The normalized spacial score (nSPS) is 9.83. The number of hydrogen-bond donors (Lipinski definition) is 3. The summed E-state index contributed by atoms with van der Waals surface area (Å²) in [7, 11) is 0. The molecule has 0 saturated carbocycles. The maximum absolute atomic E-state index is 11.3. The van der Waals surface area contributed by atoms with Crippen molar-refractivity contribution in [1.82, 2.24) is 5.32 Å². The average Bonchev–Trinajstić information content (AvgIpc) is 2.33. The first-order chi connectivity index (χ1) is 8.54. The molecule has 0 radical (unpaired) electrons. The molecule has 0 saturated heterocycles. The number of carbonyl (C=O) groups is 2. The summed E-state index contributed by atoms with van der Waals surface area (Å²) in [5, 5.41) is 11.6. The minimum Gasteiger partial charge on any atom is -0.483 e. The third-order valence-corrected chi connectivity index (χ3v) is 2.17. The Kier molecular flexibility index (Phi) is 4.98. The SMILES string of the molecule is CCCNC(=O)COc1cc(N)ccc1C(=O)O. The number of amides is 1. The zero-order chi connectivity index (χ0) is 13.5. The van der Waals surface area contributed by atoms with Crippen molar-refractivity contribution in [2.75, 3.05) is 18.9 Å². The van der Waals surface area contributed by atoms with Crippen LogP contribution in [0, 0.1) is 0 Å². The predicted molar refractivity (Wildman–Crippen MR) is 66.6 cm³/mol. The van der Waals surface area contributed by atoms with Crippen molar-refractivity contribution < 1.29 is 19.4 Å². The van der Waals surface area contributed by atoms with Gasteiger partial charge in [0.15, 0.2) is 6.61 Å². The zero-order valence-electron chi connectivity index (χ0n) is 10.1. The fourth-order valence-corrected chi connectivity index (χ4v) is 1.29. The molecule has 0 aliphatic rings. The van der Waals surface area contributed by atoms with Crippen LogP contribution < -0.4 is 15.8 Å². The Hall–Kier alpha value is -2.24. The molecule has 4 N–H and O–H groups in total. The van der Waals surface area contributed by atoms with Gasteiger partial charge in [-0.15, -0.1) is 0 Å².